The molecule has 0 unspecified atom stereocenters. The first-order valence-electron chi connectivity index (χ1n) is 10.4. The summed E-state index contributed by atoms with van der Waals surface area (Å²) in [5, 5.41) is 1.12. The monoisotopic (exact) mass is 403 g/mol. The quantitative estimate of drug-likeness (QED) is 0.676. The molecule has 2 aliphatic rings. The highest BCUT2D eigenvalue weighted by molar-refractivity contribution is 6.02. The van der Waals surface area contributed by atoms with E-state index in [-0.39, 0.29) is 24.4 Å². The summed E-state index contributed by atoms with van der Waals surface area (Å²) >= 11 is 0. The Morgan fingerprint density at radius 2 is 1.77 bits per heavy atom. The maximum atomic E-state index is 13.4. The molecular formula is C24H25N3O3. The van der Waals surface area contributed by atoms with Crippen molar-refractivity contribution in [3.8, 4) is 0 Å². The van der Waals surface area contributed by atoms with Gasteiger partial charge in [0.1, 0.15) is 6.54 Å². The molecule has 1 atom stereocenters. The van der Waals surface area contributed by atoms with Crippen LogP contribution >= 0.6 is 0 Å². The van der Waals surface area contributed by atoms with Crippen LogP contribution < -0.4 is 0 Å². The molecule has 154 valence electrons. The van der Waals surface area contributed by atoms with Crippen molar-refractivity contribution in [2.24, 2.45) is 7.05 Å². The fourth-order valence-corrected chi connectivity index (χ4v) is 4.80. The minimum Gasteiger partial charge on any atom is -0.378 e. The van der Waals surface area contributed by atoms with E-state index in [9.17, 15) is 9.59 Å². The summed E-state index contributed by atoms with van der Waals surface area (Å²) in [7, 11) is 2.05. The molecule has 1 saturated heterocycles. The van der Waals surface area contributed by atoms with Crippen LogP contribution in [0, 0.1) is 6.92 Å². The van der Waals surface area contributed by atoms with Gasteiger partial charge >= 0.3 is 0 Å². The zero-order chi connectivity index (χ0) is 20.8. The number of ether oxygens (including phenoxy) is 1. The van der Waals surface area contributed by atoms with Crippen LogP contribution in [0.5, 0.6) is 0 Å². The molecule has 6 heteroatoms. The highest BCUT2D eigenvalue weighted by Gasteiger charge is 2.41. The zero-order valence-electron chi connectivity index (χ0n) is 17.3. The van der Waals surface area contributed by atoms with Crippen molar-refractivity contribution in [2.45, 2.75) is 13.0 Å². The summed E-state index contributed by atoms with van der Waals surface area (Å²) in [6.07, 6.45) is 0. The lowest BCUT2D eigenvalue weighted by molar-refractivity contribution is -0.136. The van der Waals surface area contributed by atoms with Crippen molar-refractivity contribution in [1.82, 2.24) is 14.4 Å². The highest BCUT2D eigenvalue weighted by atomic mass is 16.5. The van der Waals surface area contributed by atoms with Crippen molar-refractivity contribution in [3.05, 3.63) is 70.9 Å². The van der Waals surface area contributed by atoms with Gasteiger partial charge in [0.2, 0.25) is 5.91 Å². The van der Waals surface area contributed by atoms with Gasteiger partial charge < -0.3 is 19.1 Å². The summed E-state index contributed by atoms with van der Waals surface area (Å²) in [6, 6.07) is 15.7. The number of rotatable bonds is 3. The van der Waals surface area contributed by atoms with Crippen LogP contribution in [0.2, 0.25) is 0 Å². The fraction of sp³-hybridized carbons (Fsp3) is 0.333. The Hall–Kier alpha value is -3.12. The number of hydrogen-bond donors (Lipinski definition) is 0. The van der Waals surface area contributed by atoms with Crippen LogP contribution in [0.1, 0.15) is 33.2 Å². The van der Waals surface area contributed by atoms with Gasteiger partial charge in [-0.2, -0.15) is 0 Å². The van der Waals surface area contributed by atoms with Gasteiger partial charge in [0.05, 0.1) is 19.3 Å². The Bertz CT molecular complexity index is 1140. The number of nitrogens with zero attached hydrogens (tertiary/aromatic N) is 3. The van der Waals surface area contributed by atoms with E-state index < -0.39 is 0 Å². The predicted octanol–water partition coefficient (Wildman–Crippen LogP) is 2.89. The van der Waals surface area contributed by atoms with Crippen molar-refractivity contribution in [1.29, 1.82) is 0 Å². The number of benzene rings is 2. The molecule has 2 amide bonds. The Kier molecular flexibility index (Phi) is 4.59. The average Bonchev–Trinajstić information content (AvgIpc) is 3.20. The van der Waals surface area contributed by atoms with Crippen molar-refractivity contribution in [2.75, 3.05) is 32.8 Å². The lowest BCUT2D eigenvalue weighted by atomic mass is 9.95. The summed E-state index contributed by atoms with van der Waals surface area (Å²) in [4.78, 5) is 30.0. The lowest BCUT2D eigenvalue weighted by Gasteiger charge is -2.31. The molecule has 1 aromatic heterocycles. The molecule has 5 rings (SSSR count). The van der Waals surface area contributed by atoms with Gasteiger partial charge in [-0.1, -0.05) is 36.4 Å². The Balaban J connectivity index is 1.61. The summed E-state index contributed by atoms with van der Waals surface area (Å²) in [5.41, 5.74) is 4.98. The maximum absolute atomic E-state index is 13.4. The third-order valence-corrected chi connectivity index (χ3v) is 6.45. The molecule has 0 N–H and O–H groups in total. The van der Waals surface area contributed by atoms with E-state index in [1.807, 2.05) is 43.4 Å². The molecule has 0 bridgehead atoms. The Morgan fingerprint density at radius 3 is 2.57 bits per heavy atom. The number of carbonyl (C=O) groups excluding carboxylic acids is 2. The summed E-state index contributed by atoms with van der Waals surface area (Å²) in [6.45, 7) is 4.40. The first kappa shape index (κ1) is 18.9. The lowest BCUT2D eigenvalue weighted by Crippen LogP contribution is -2.46. The smallest absolute Gasteiger partial charge is 0.255 e. The van der Waals surface area contributed by atoms with Gasteiger partial charge in [-0.05, 0) is 24.6 Å². The van der Waals surface area contributed by atoms with Gasteiger partial charge in [-0.25, -0.2) is 0 Å². The third-order valence-electron chi connectivity index (χ3n) is 6.45. The van der Waals surface area contributed by atoms with Crippen LogP contribution in [0.25, 0.3) is 10.9 Å². The van der Waals surface area contributed by atoms with Crippen LogP contribution in [-0.2, 0) is 16.6 Å². The normalized spacial score (nSPS) is 18.9. The number of para-hydroxylation sites is 1. The molecule has 0 aliphatic carbocycles. The fourth-order valence-electron chi connectivity index (χ4n) is 4.80. The van der Waals surface area contributed by atoms with Gasteiger partial charge in [-0.15, -0.1) is 0 Å². The number of aryl methyl sites for hydroxylation is 1. The minimum absolute atomic E-state index is 0.0256. The number of aromatic nitrogens is 1. The maximum Gasteiger partial charge on any atom is 0.255 e. The third kappa shape index (κ3) is 2.82. The number of morpholine rings is 1. The SMILES string of the molecule is Cc1c([C@@H]2c3ccccc3C(=O)N2CC(=O)N2CCOCC2)c2ccccc2n1C. The first-order valence-corrected chi connectivity index (χ1v) is 10.4. The van der Waals surface area contributed by atoms with Gasteiger partial charge in [0, 0.05) is 47.9 Å². The van der Waals surface area contributed by atoms with Crippen LogP contribution in [-0.4, -0.2) is 59.0 Å². The molecule has 1 fully saturated rings. The summed E-state index contributed by atoms with van der Waals surface area (Å²) in [5.74, 6) is -0.105. The molecule has 6 nitrogen and oxygen atoms in total. The Morgan fingerprint density at radius 1 is 1.07 bits per heavy atom. The average molecular weight is 403 g/mol. The van der Waals surface area contributed by atoms with E-state index in [4.69, 9.17) is 4.74 Å². The second-order valence-corrected chi connectivity index (χ2v) is 7.99. The van der Waals surface area contributed by atoms with Crippen molar-refractivity contribution in [3.63, 3.8) is 0 Å². The van der Waals surface area contributed by atoms with E-state index in [1.54, 1.807) is 9.80 Å². The van der Waals surface area contributed by atoms with Gasteiger partial charge in [0.15, 0.2) is 0 Å². The number of fused-ring (bicyclic) bond motifs is 2. The number of hydrogen-bond acceptors (Lipinski definition) is 3. The van der Waals surface area contributed by atoms with Crippen LogP contribution in [0.15, 0.2) is 48.5 Å². The van der Waals surface area contributed by atoms with Crippen molar-refractivity contribution >= 4 is 22.7 Å². The molecule has 2 aliphatic heterocycles. The molecule has 0 spiro atoms. The number of amides is 2. The van der Waals surface area contributed by atoms with E-state index >= 15 is 0 Å². The zero-order valence-corrected chi connectivity index (χ0v) is 17.3. The van der Waals surface area contributed by atoms with Crippen molar-refractivity contribution < 1.29 is 14.3 Å². The Labute approximate surface area is 175 Å². The molecular weight excluding hydrogens is 378 g/mol. The number of carbonyl (C=O) groups is 2. The second kappa shape index (κ2) is 7.29. The van der Waals surface area contributed by atoms with Gasteiger partial charge in [-0.3, -0.25) is 9.59 Å². The molecule has 0 radical (unpaired) electrons. The van der Waals surface area contributed by atoms with E-state index in [2.05, 4.69) is 23.6 Å². The molecule has 30 heavy (non-hydrogen) atoms. The largest absolute Gasteiger partial charge is 0.378 e. The van der Waals surface area contributed by atoms with Crippen LogP contribution in [0.3, 0.4) is 0 Å². The molecule has 0 saturated carbocycles. The molecule has 3 heterocycles. The predicted molar refractivity (Wildman–Crippen MR) is 114 cm³/mol. The van der Waals surface area contributed by atoms with E-state index in [0.717, 1.165) is 27.7 Å². The van der Waals surface area contributed by atoms with Crippen LogP contribution in [0.4, 0.5) is 0 Å². The summed E-state index contributed by atoms with van der Waals surface area (Å²) < 4.78 is 7.54. The highest BCUT2D eigenvalue weighted by Crippen LogP contribution is 2.43. The van der Waals surface area contributed by atoms with E-state index in [1.165, 1.54) is 0 Å². The minimum atomic E-state index is -0.273. The van der Waals surface area contributed by atoms with Gasteiger partial charge in [0.25, 0.3) is 5.91 Å². The molecule has 3 aromatic rings. The molecule has 2 aromatic carbocycles. The standard InChI is InChI=1S/C24H25N3O3/c1-16-22(19-9-5-6-10-20(19)25(16)2)23-17-7-3-4-8-18(17)24(29)27(23)15-21(28)26-11-13-30-14-12-26/h3-10,23H,11-15H2,1-2H3/t23-/m0/s1. The van der Waals surface area contributed by atoms with E-state index in [0.29, 0.717) is 31.9 Å². The topological polar surface area (TPSA) is 54.8 Å². The first-order chi connectivity index (χ1) is 14.6. The second-order valence-electron chi connectivity index (χ2n) is 7.99.